The number of benzene rings is 1. The van der Waals surface area contributed by atoms with Gasteiger partial charge in [0.1, 0.15) is 0 Å². The highest BCUT2D eigenvalue weighted by Crippen LogP contribution is 2.31. The molecule has 2 N–H and O–H groups in total. The maximum Gasteiger partial charge on any atom is 0.335 e. The lowest BCUT2D eigenvalue weighted by molar-refractivity contribution is -0.131. The molecule has 0 aliphatic carbocycles. The van der Waals surface area contributed by atoms with E-state index in [9.17, 15) is 14.7 Å². The molecule has 0 fully saturated rings. The maximum absolute atomic E-state index is 11.8. The third-order valence-corrected chi connectivity index (χ3v) is 3.20. The molecule has 1 unspecified atom stereocenters. The fourth-order valence-electron chi connectivity index (χ4n) is 1.97. The van der Waals surface area contributed by atoms with Crippen molar-refractivity contribution >= 4 is 24.3 Å². The van der Waals surface area contributed by atoms with Gasteiger partial charge in [-0.1, -0.05) is 18.2 Å². The average molecular weight is 398 g/mol. The minimum atomic E-state index is -0.811. The third-order valence-electron chi connectivity index (χ3n) is 3.20. The highest BCUT2D eigenvalue weighted by Gasteiger charge is 2.18. The van der Waals surface area contributed by atoms with Gasteiger partial charge in [-0.15, -0.1) is 12.4 Å². The number of rotatable bonds is 7. The quantitative estimate of drug-likeness (QED) is 0.416. The molecule has 0 aliphatic heterocycles. The number of hydrogen-bond donors (Lipinski definition) is 2. The van der Waals surface area contributed by atoms with Crippen molar-refractivity contribution in [1.29, 1.82) is 0 Å². The molecule has 150 valence electrons. The van der Waals surface area contributed by atoms with Gasteiger partial charge in [-0.05, 0) is 52.3 Å². The monoisotopic (exact) mass is 397 g/mol. The molecule has 0 saturated heterocycles. The van der Waals surface area contributed by atoms with Crippen molar-refractivity contribution in [2.24, 2.45) is 0 Å². The zero-order chi connectivity index (χ0) is 19.7. The van der Waals surface area contributed by atoms with Gasteiger partial charge in [0.15, 0.2) is 11.5 Å². The van der Waals surface area contributed by atoms with Crippen LogP contribution >= 0.6 is 12.4 Å². The van der Waals surface area contributed by atoms with Gasteiger partial charge < -0.3 is 19.9 Å². The van der Waals surface area contributed by atoms with E-state index in [0.717, 1.165) is 0 Å². The fraction of sp³-hybridized carbons (Fsp3) is 0.400. The number of carbonyl (C=O) groups is 2. The second kappa shape index (κ2) is 11.5. The average Bonchev–Trinajstić information content (AvgIpc) is 2.54. The van der Waals surface area contributed by atoms with E-state index < -0.39 is 18.0 Å². The van der Waals surface area contributed by atoms with Crippen LogP contribution in [0.15, 0.2) is 42.5 Å². The molecule has 0 saturated carbocycles. The summed E-state index contributed by atoms with van der Waals surface area (Å²) in [5, 5.41) is 13.6. The molecule has 0 heterocycles. The molecule has 0 spiro atoms. The van der Waals surface area contributed by atoms with Gasteiger partial charge in [0, 0.05) is 24.2 Å². The molecule has 1 rings (SSSR count). The first-order valence-electron chi connectivity index (χ1n) is 8.42. The highest BCUT2D eigenvalue weighted by molar-refractivity contribution is 5.86. The summed E-state index contributed by atoms with van der Waals surface area (Å²) in [7, 11) is 0. The first kappa shape index (κ1) is 24.8. The van der Waals surface area contributed by atoms with Crippen molar-refractivity contribution in [3.8, 4) is 11.5 Å². The van der Waals surface area contributed by atoms with Crippen molar-refractivity contribution in [1.82, 2.24) is 5.32 Å². The Kier molecular flexibility index (Phi) is 10.6. The molecule has 1 aromatic rings. The summed E-state index contributed by atoms with van der Waals surface area (Å²) in [6.45, 7) is 9.68. The second-order valence-electron chi connectivity index (χ2n) is 6.70. The van der Waals surface area contributed by atoms with Gasteiger partial charge in [0.05, 0.1) is 6.10 Å². The lowest BCUT2D eigenvalue weighted by atomic mass is 10.1. The number of nitrogens with one attached hydrogen (secondary N) is 1. The zero-order valence-corrected chi connectivity index (χ0v) is 17.1. The van der Waals surface area contributed by atoms with E-state index in [1.165, 1.54) is 24.3 Å². The van der Waals surface area contributed by atoms with E-state index in [2.05, 4.69) is 5.32 Å². The number of carbonyl (C=O) groups excluding carboxylic acids is 2. The number of hydrogen-bond acceptors (Lipinski definition) is 6. The van der Waals surface area contributed by atoms with Crippen molar-refractivity contribution in [3.63, 3.8) is 0 Å². The molecule has 0 aliphatic rings. The van der Waals surface area contributed by atoms with Gasteiger partial charge >= 0.3 is 11.9 Å². The van der Waals surface area contributed by atoms with E-state index in [4.69, 9.17) is 9.47 Å². The van der Waals surface area contributed by atoms with E-state index in [1.807, 2.05) is 20.8 Å². The van der Waals surface area contributed by atoms with Crippen LogP contribution in [0.4, 0.5) is 0 Å². The van der Waals surface area contributed by atoms with Crippen LogP contribution in [0.2, 0.25) is 0 Å². The van der Waals surface area contributed by atoms with E-state index in [0.29, 0.717) is 12.1 Å². The number of halogens is 1. The lowest BCUT2D eigenvalue weighted by Crippen LogP contribution is -2.38. The van der Waals surface area contributed by atoms with Crippen LogP contribution in [0, 0.1) is 0 Å². The Bertz CT molecular complexity index is 692. The van der Waals surface area contributed by atoms with Gasteiger partial charge in [-0.3, -0.25) is 0 Å². The molecule has 6 nitrogen and oxygen atoms in total. The van der Waals surface area contributed by atoms with Crippen molar-refractivity contribution < 1.29 is 24.2 Å². The summed E-state index contributed by atoms with van der Waals surface area (Å²) in [4.78, 5) is 23.5. The Morgan fingerprint density at radius 1 is 1.07 bits per heavy atom. The molecule has 0 radical (unpaired) electrons. The Labute approximate surface area is 166 Å². The number of allylic oxidation sites excluding steroid dienone is 2. The summed E-state index contributed by atoms with van der Waals surface area (Å²) in [6, 6.07) is 4.62. The normalized spacial score (nSPS) is 12.7. The molecule has 1 atom stereocenters. The number of β-amino-alcohol motifs (C(OH)–C–C–N with tert-alkyl or cyclic N) is 1. The predicted octanol–water partition coefficient (Wildman–Crippen LogP) is 3.49. The Morgan fingerprint density at radius 2 is 1.59 bits per heavy atom. The Balaban J connectivity index is 0.00000676. The maximum atomic E-state index is 11.8. The molecular formula is C20H28ClNO5. The third kappa shape index (κ3) is 9.38. The van der Waals surface area contributed by atoms with Crippen LogP contribution in [0.5, 0.6) is 11.5 Å². The van der Waals surface area contributed by atoms with Gasteiger partial charge in [-0.2, -0.15) is 0 Å². The van der Waals surface area contributed by atoms with Gasteiger partial charge in [0.2, 0.25) is 0 Å². The van der Waals surface area contributed by atoms with Crippen LogP contribution in [-0.4, -0.2) is 29.1 Å². The van der Waals surface area contributed by atoms with E-state index >= 15 is 0 Å². The standard InChI is InChI=1S/C20H27NO5.ClH/c1-6-8-18(23)25-16-11-10-14(15(22)13-21-20(3,4)5)12-17(16)26-19(24)9-7-2;/h6-12,15,21-22H,13H2,1-5H3;1H/b8-6+,9-7+;. The van der Waals surface area contributed by atoms with Crippen molar-refractivity contribution in [2.45, 2.75) is 46.3 Å². The summed E-state index contributed by atoms with van der Waals surface area (Å²) in [5.41, 5.74) is 0.389. The van der Waals surface area contributed by atoms with Crippen LogP contribution in [0.3, 0.4) is 0 Å². The Morgan fingerprint density at radius 3 is 2.07 bits per heavy atom. The van der Waals surface area contributed by atoms with Crippen LogP contribution in [0.25, 0.3) is 0 Å². The summed E-state index contributed by atoms with van der Waals surface area (Å²) >= 11 is 0. The van der Waals surface area contributed by atoms with Crippen LogP contribution in [-0.2, 0) is 9.59 Å². The second-order valence-corrected chi connectivity index (χ2v) is 6.70. The van der Waals surface area contributed by atoms with Crippen LogP contribution in [0.1, 0.15) is 46.3 Å². The summed E-state index contributed by atoms with van der Waals surface area (Å²) in [5.74, 6) is -1.02. The number of aliphatic hydroxyl groups is 1. The Hall–Kier alpha value is -2.15. The molecule has 7 heteroatoms. The van der Waals surface area contributed by atoms with E-state index in [-0.39, 0.29) is 29.4 Å². The number of aliphatic hydroxyl groups excluding tert-OH is 1. The molecule has 0 amide bonds. The minimum Gasteiger partial charge on any atom is -0.419 e. The summed E-state index contributed by atoms with van der Waals surface area (Å²) < 4.78 is 10.4. The SMILES string of the molecule is C/C=C/C(=O)Oc1ccc(C(O)CNC(C)(C)C)cc1OC(=O)/C=C/C.Cl. The topological polar surface area (TPSA) is 84.9 Å². The zero-order valence-electron chi connectivity index (χ0n) is 16.3. The highest BCUT2D eigenvalue weighted by atomic mass is 35.5. The molecule has 0 bridgehead atoms. The summed E-state index contributed by atoms with van der Waals surface area (Å²) in [6.07, 6.45) is 4.79. The first-order chi connectivity index (χ1) is 12.2. The first-order valence-corrected chi connectivity index (χ1v) is 8.42. The minimum absolute atomic E-state index is 0. The predicted molar refractivity (Wildman–Crippen MR) is 107 cm³/mol. The molecule has 0 aromatic heterocycles. The smallest absolute Gasteiger partial charge is 0.335 e. The lowest BCUT2D eigenvalue weighted by Gasteiger charge is -2.23. The fourth-order valence-corrected chi connectivity index (χ4v) is 1.97. The van der Waals surface area contributed by atoms with Gasteiger partial charge in [-0.25, -0.2) is 9.59 Å². The van der Waals surface area contributed by atoms with E-state index in [1.54, 1.807) is 32.1 Å². The van der Waals surface area contributed by atoms with Crippen molar-refractivity contribution in [3.05, 3.63) is 48.1 Å². The molecular weight excluding hydrogens is 370 g/mol. The largest absolute Gasteiger partial charge is 0.419 e. The number of esters is 2. The molecule has 1 aromatic carbocycles. The van der Waals surface area contributed by atoms with Crippen LogP contribution < -0.4 is 14.8 Å². The van der Waals surface area contributed by atoms with Gasteiger partial charge in [0.25, 0.3) is 0 Å². The molecule has 27 heavy (non-hydrogen) atoms. The van der Waals surface area contributed by atoms with Crippen molar-refractivity contribution in [2.75, 3.05) is 6.54 Å². The number of ether oxygens (including phenoxy) is 2.